The maximum atomic E-state index is 11.8. The van der Waals surface area contributed by atoms with Crippen LogP contribution in [0.15, 0.2) is 17.7 Å². The van der Waals surface area contributed by atoms with Crippen LogP contribution in [0.3, 0.4) is 0 Å². The Balaban J connectivity index is 2.66. The second-order valence-electron chi connectivity index (χ2n) is 5.79. The predicted molar refractivity (Wildman–Crippen MR) is 91.3 cm³/mol. The molecular formula is C17H27NO2S. The van der Waals surface area contributed by atoms with Crippen LogP contribution >= 0.6 is 11.3 Å². The van der Waals surface area contributed by atoms with Crippen molar-refractivity contribution in [3.8, 4) is 0 Å². The van der Waals surface area contributed by atoms with Crippen molar-refractivity contribution < 1.29 is 9.53 Å². The zero-order valence-corrected chi connectivity index (χ0v) is 14.5. The number of hydrogen-bond donors (Lipinski definition) is 1. The van der Waals surface area contributed by atoms with Crippen LogP contribution in [-0.2, 0) is 4.74 Å². The molecule has 0 radical (unpaired) electrons. The van der Waals surface area contributed by atoms with Gasteiger partial charge in [-0.05, 0) is 47.3 Å². The van der Waals surface area contributed by atoms with E-state index in [-0.39, 0.29) is 0 Å². The van der Waals surface area contributed by atoms with Gasteiger partial charge in [-0.1, -0.05) is 41.0 Å². The van der Waals surface area contributed by atoms with Gasteiger partial charge in [-0.2, -0.15) is 0 Å². The van der Waals surface area contributed by atoms with Crippen LogP contribution in [0.5, 0.6) is 0 Å². The van der Waals surface area contributed by atoms with Gasteiger partial charge in [0.25, 0.3) is 0 Å². The molecular weight excluding hydrogens is 282 g/mol. The van der Waals surface area contributed by atoms with Crippen molar-refractivity contribution in [2.24, 2.45) is 0 Å². The zero-order valence-electron chi connectivity index (χ0n) is 13.7. The number of carbonyl (C=O) groups excluding carboxylic acids is 1. The monoisotopic (exact) mass is 309 g/mol. The highest BCUT2D eigenvalue weighted by molar-refractivity contribution is 7.14. The van der Waals surface area contributed by atoms with E-state index in [1.165, 1.54) is 17.4 Å². The molecule has 0 fully saturated rings. The first-order valence-corrected chi connectivity index (χ1v) is 8.59. The average molecular weight is 309 g/mol. The molecule has 1 aromatic rings. The summed E-state index contributed by atoms with van der Waals surface area (Å²) in [6, 6.07) is 0. The fourth-order valence-electron chi connectivity index (χ4n) is 2.14. The molecule has 0 saturated heterocycles. The van der Waals surface area contributed by atoms with Crippen molar-refractivity contribution in [1.29, 1.82) is 0 Å². The van der Waals surface area contributed by atoms with Gasteiger partial charge in [-0.3, -0.25) is 5.32 Å². The van der Waals surface area contributed by atoms with E-state index in [0.717, 1.165) is 24.3 Å². The number of unbranched alkanes of at least 4 members (excludes halogenated alkanes) is 2. The number of amides is 1. The average Bonchev–Trinajstić information content (AvgIpc) is 2.82. The van der Waals surface area contributed by atoms with Crippen molar-refractivity contribution in [3.05, 3.63) is 28.8 Å². The lowest BCUT2D eigenvalue weighted by Crippen LogP contribution is -2.11. The summed E-state index contributed by atoms with van der Waals surface area (Å²) in [5.41, 5.74) is 2.53. The summed E-state index contributed by atoms with van der Waals surface area (Å²) in [7, 11) is 0. The molecule has 1 heterocycles. The fraction of sp³-hybridized carbons (Fsp3) is 0.588. The van der Waals surface area contributed by atoms with E-state index >= 15 is 0 Å². The smallest absolute Gasteiger partial charge is 0.417 e. The first kappa shape index (κ1) is 17.8. The highest BCUT2D eigenvalue weighted by Crippen LogP contribution is 2.37. The molecule has 3 nitrogen and oxygen atoms in total. The van der Waals surface area contributed by atoms with Gasteiger partial charge in [0.1, 0.15) is 5.00 Å². The number of thiophene rings is 1. The minimum Gasteiger partial charge on any atom is -0.418 e. The van der Waals surface area contributed by atoms with Crippen LogP contribution in [0.4, 0.5) is 9.80 Å². The topological polar surface area (TPSA) is 38.3 Å². The van der Waals surface area contributed by atoms with Crippen LogP contribution in [0.2, 0.25) is 0 Å². The van der Waals surface area contributed by atoms with Gasteiger partial charge in [-0.25, -0.2) is 4.79 Å². The second-order valence-corrected chi connectivity index (χ2v) is 6.67. The molecule has 1 N–H and O–H groups in total. The summed E-state index contributed by atoms with van der Waals surface area (Å²) in [4.78, 5) is 11.8. The van der Waals surface area contributed by atoms with Gasteiger partial charge < -0.3 is 4.74 Å². The Labute approximate surface area is 132 Å². The van der Waals surface area contributed by atoms with E-state index in [1.807, 2.05) is 6.08 Å². The maximum absolute atomic E-state index is 11.8. The Hall–Kier alpha value is -1.29. The molecule has 0 aromatic carbocycles. The van der Waals surface area contributed by atoms with E-state index in [9.17, 15) is 4.79 Å². The molecule has 0 unspecified atom stereocenters. The Morgan fingerprint density at radius 3 is 2.62 bits per heavy atom. The van der Waals surface area contributed by atoms with E-state index in [2.05, 4.69) is 45.3 Å². The zero-order chi connectivity index (χ0) is 15.8. The maximum Gasteiger partial charge on any atom is 0.417 e. The summed E-state index contributed by atoms with van der Waals surface area (Å²) < 4.78 is 5.07. The van der Waals surface area contributed by atoms with Crippen LogP contribution in [0.25, 0.3) is 0 Å². The van der Waals surface area contributed by atoms with Gasteiger partial charge in [0, 0.05) is 0 Å². The van der Waals surface area contributed by atoms with Crippen LogP contribution in [0, 0.1) is 0 Å². The molecule has 1 rings (SSSR count). The van der Waals surface area contributed by atoms with Gasteiger partial charge in [-0.15, -0.1) is 11.3 Å². The number of anilines is 1. The number of allylic oxidation sites excluding steroid dienone is 1. The minimum absolute atomic E-state index is 0.379. The van der Waals surface area contributed by atoms with Gasteiger partial charge >= 0.3 is 6.09 Å². The third kappa shape index (κ3) is 5.54. The van der Waals surface area contributed by atoms with Crippen molar-refractivity contribution in [1.82, 2.24) is 0 Å². The highest BCUT2D eigenvalue weighted by Gasteiger charge is 2.18. The summed E-state index contributed by atoms with van der Waals surface area (Å²) in [5, 5.41) is 5.90. The van der Waals surface area contributed by atoms with E-state index < -0.39 is 6.09 Å². The number of rotatable bonds is 7. The summed E-state index contributed by atoms with van der Waals surface area (Å²) in [6.45, 7) is 10.8. The largest absolute Gasteiger partial charge is 0.418 e. The Morgan fingerprint density at radius 2 is 2.05 bits per heavy atom. The third-order valence-corrected chi connectivity index (χ3v) is 4.20. The Kier molecular flexibility index (Phi) is 7.51. The lowest BCUT2D eigenvalue weighted by atomic mass is 9.94. The van der Waals surface area contributed by atoms with E-state index in [0.29, 0.717) is 11.8 Å². The second kappa shape index (κ2) is 8.88. The lowest BCUT2D eigenvalue weighted by Gasteiger charge is -2.13. The summed E-state index contributed by atoms with van der Waals surface area (Å²) in [6.07, 6.45) is 6.15. The quantitative estimate of drug-likeness (QED) is 0.477. The molecule has 0 spiro atoms. The third-order valence-electron chi connectivity index (χ3n) is 3.27. The van der Waals surface area contributed by atoms with Crippen LogP contribution in [0.1, 0.15) is 76.8 Å². The molecule has 21 heavy (non-hydrogen) atoms. The Morgan fingerprint density at radius 1 is 1.33 bits per heavy atom. The summed E-state index contributed by atoms with van der Waals surface area (Å²) in [5.74, 6) is 0.836. The standard InChI is InChI=1S/C17H27NO2S/c1-6-7-8-9-10-20-17(19)18-16-15(13(4)5)14(11-21-16)12(2)3/h9-13H,6-8H2,1-5H3,(H,18,19). The first-order chi connectivity index (χ1) is 9.97. The molecule has 1 amide bonds. The molecule has 0 aliphatic carbocycles. The number of ether oxygens (including phenoxy) is 1. The van der Waals surface area contributed by atoms with Gasteiger partial charge in [0.05, 0.1) is 6.26 Å². The fourth-order valence-corrected chi connectivity index (χ4v) is 3.41. The molecule has 0 bridgehead atoms. The predicted octanol–water partition coefficient (Wildman–Crippen LogP) is 6.25. The number of nitrogens with one attached hydrogen (secondary N) is 1. The van der Waals surface area contributed by atoms with Crippen molar-refractivity contribution >= 4 is 22.4 Å². The van der Waals surface area contributed by atoms with E-state index in [4.69, 9.17) is 4.74 Å². The molecule has 0 atom stereocenters. The van der Waals surface area contributed by atoms with Gasteiger partial charge in [0.15, 0.2) is 0 Å². The van der Waals surface area contributed by atoms with Gasteiger partial charge in [0.2, 0.25) is 0 Å². The van der Waals surface area contributed by atoms with Crippen molar-refractivity contribution in [2.45, 2.75) is 65.7 Å². The first-order valence-electron chi connectivity index (χ1n) is 7.71. The molecule has 1 aromatic heterocycles. The van der Waals surface area contributed by atoms with Crippen LogP contribution < -0.4 is 5.32 Å². The molecule has 118 valence electrons. The number of carbonyl (C=O) groups is 1. The number of hydrogen-bond acceptors (Lipinski definition) is 3. The normalized spacial score (nSPS) is 11.6. The molecule has 0 aliphatic heterocycles. The van der Waals surface area contributed by atoms with E-state index in [1.54, 1.807) is 11.3 Å². The highest BCUT2D eigenvalue weighted by atomic mass is 32.1. The van der Waals surface area contributed by atoms with Crippen molar-refractivity contribution in [2.75, 3.05) is 5.32 Å². The molecule has 0 saturated carbocycles. The molecule has 4 heteroatoms. The summed E-state index contributed by atoms with van der Waals surface area (Å²) >= 11 is 1.57. The lowest BCUT2D eigenvalue weighted by molar-refractivity contribution is 0.201. The minimum atomic E-state index is -0.415. The SMILES string of the molecule is CCCCC=COC(=O)Nc1scc(C(C)C)c1C(C)C. The molecule has 0 aliphatic rings. The Bertz CT molecular complexity index is 475. The van der Waals surface area contributed by atoms with Crippen molar-refractivity contribution in [3.63, 3.8) is 0 Å². The van der Waals surface area contributed by atoms with Crippen LogP contribution in [-0.4, -0.2) is 6.09 Å².